The summed E-state index contributed by atoms with van der Waals surface area (Å²) >= 11 is 0. The lowest BCUT2D eigenvalue weighted by Gasteiger charge is -2.31. The fourth-order valence-electron chi connectivity index (χ4n) is 2.83. The summed E-state index contributed by atoms with van der Waals surface area (Å²) in [5, 5.41) is 12.6. The van der Waals surface area contributed by atoms with E-state index in [9.17, 15) is 9.90 Å². The van der Waals surface area contributed by atoms with Gasteiger partial charge in [0.25, 0.3) is 0 Å². The van der Waals surface area contributed by atoms with Gasteiger partial charge in [-0.25, -0.2) is 0 Å². The molecule has 0 spiro atoms. The average molecular weight is 292 g/mol. The summed E-state index contributed by atoms with van der Waals surface area (Å²) in [6.07, 6.45) is 3.01. The molecular weight excluding hydrogens is 268 g/mol. The molecule has 0 aromatic heterocycles. The zero-order valence-corrected chi connectivity index (χ0v) is 12.8. The summed E-state index contributed by atoms with van der Waals surface area (Å²) in [7, 11) is 1.60. The van der Waals surface area contributed by atoms with Gasteiger partial charge in [0.05, 0.1) is 25.4 Å². The van der Waals surface area contributed by atoms with Crippen molar-refractivity contribution < 1.29 is 14.6 Å². The molecule has 21 heavy (non-hydrogen) atoms. The second-order valence-electron chi connectivity index (χ2n) is 5.34. The molecule has 0 radical (unpaired) electrons. The number of aryl methyl sites for hydroxylation is 1. The van der Waals surface area contributed by atoms with Crippen LogP contribution >= 0.6 is 0 Å². The second kappa shape index (κ2) is 7.43. The van der Waals surface area contributed by atoms with Gasteiger partial charge < -0.3 is 20.1 Å². The van der Waals surface area contributed by atoms with Gasteiger partial charge in [0.2, 0.25) is 5.91 Å². The van der Waals surface area contributed by atoms with Gasteiger partial charge in [-0.05, 0) is 37.9 Å². The first-order valence-corrected chi connectivity index (χ1v) is 7.48. The topological polar surface area (TPSA) is 61.8 Å². The van der Waals surface area contributed by atoms with E-state index in [4.69, 9.17) is 4.74 Å². The van der Waals surface area contributed by atoms with Crippen molar-refractivity contribution in [3.05, 3.63) is 23.8 Å². The maximum atomic E-state index is 12.8. The van der Waals surface area contributed by atoms with Crippen LogP contribution in [0.2, 0.25) is 0 Å². The predicted octanol–water partition coefficient (Wildman–Crippen LogP) is 1.47. The Bertz CT molecular complexity index is 484. The van der Waals surface area contributed by atoms with E-state index in [0.717, 1.165) is 37.1 Å². The number of anilines is 1. The minimum absolute atomic E-state index is 0.0105. The van der Waals surface area contributed by atoms with E-state index in [1.54, 1.807) is 12.0 Å². The van der Waals surface area contributed by atoms with Crippen LogP contribution in [0.4, 0.5) is 5.69 Å². The quantitative estimate of drug-likeness (QED) is 0.863. The van der Waals surface area contributed by atoms with Gasteiger partial charge in [-0.3, -0.25) is 4.79 Å². The Morgan fingerprint density at radius 1 is 1.48 bits per heavy atom. The molecule has 0 saturated carbocycles. The summed E-state index contributed by atoms with van der Waals surface area (Å²) in [6.45, 7) is 3.02. The van der Waals surface area contributed by atoms with Gasteiger partial charge in [-0.2, -0.15) is 0 Å². The van der Waals surface area contributed by atoms with E-state index in [1.807, 2.05) is 25.1 Å². The highest BCUT2D eigenvalue weighted by atomic mass is 16.5. The number of ether oxygens (including phenoxy) is 1. The highest BCUT2D eigenvalue weighted by Gasteiger charge is 2.28. The van der Waals surface area contributed by atoms with Crippen LogP contribution in [0, 0.1) is 6.92 Å². The van der Waals surface area contributed by atoms with E-state index < -0.39 is 0 Å². The van der Waals surface area contributed by atoms with Crippen LogP contribution in [0.5, 0.6) is 5.75 Å². The second-order valence-corrected chi connectivity index (χ2v) is 5.34. The summed E-state index contributed by atoms with van der Waals surface area (Å²) in [5.74, 6) is 0.670. The lowest BCUT2D eigenvalue weighted by atomic mass is 10.0. The monoisotopic (exact) mass is 292 g/mol. The molecule has 1 aliphatic rings. The number of hydrogen-bond acceptors (Lipinski definition) is 4. The zero-order chi connectivity index (χ0) is 15.2. The molecule has 2 N–H and O–H groups in total. The van der Waals surface area contributed by atoms with Crippen molar-refractivity contribution in [2.75, 3.05) is 31.7 Å². The fourth-order valence-corrected chi connectivity index (χ4v) is 2.83. The Labute approximate surface area is 125 Å². The standard InChI is InChI=1S/C16H24N2O3/c1-12-6-5-8-14(21-2)15(12)18(10-11-19)16(20)13-7-3-4-9-17-13/h5-6,8,13,17,19H,3-4,7,9-11H2,1-2H3. The van der Waals surface area contributed by atoms with Gasteiger partial charge in [-0.15, -0.1) is 0 Å². The van der Waals surface area contributed by atoms with E-state index in [2.05, 4.69) is 5.32 Å². The molecule has 1 heterocycles. The first-order chi connectivity index (χ1) is 10.2. The van der Waals surface area contributed by atoms with Crippen molar-refractivity contribution >= 4 is 11.6 Å². The summed E-state index contributed by atoms with van der Waals surface area (Å²) in [6, 6.07) is 5.52. The number of nitrogens with one attached hydrogen (secondary N) is 1. The Morgan fingerprint density at radius 2 is 2.29 bits per heavy atom. The third-order valence-corrected chi connectivity index (χ3v) is 3.89. The summed E-state index contributed by atoms with van der Waals surface area (Å²) in [4.78, 5) is 14.5. The molecule has 1 amide bonds. The normalized spacial score (nSPS) is 18.3. The molecule has 2 rings (SSSR count). The number of aliphatic hydroxyl groups excluding tert-OH is 1. The Hall–Kier alpha value is -1.59. The van der Waals surface area contributed by atoms with Gasteiger partial charge in [-0.1, -0.05) is 18.6 Å². The molecule has 1 aromatic rings. The number of amides is 1. The molecule has 1 unspecified atom stereocenters. The fraction of sp³-hybridized carbons (Fsp3) is 0.562. The maximum absolute atomic E-state index is 12.8. The number of rotatable bonds is 5. The van der Waals surface area contributed by atoms with Gasteiger partial charge in [0, 0.05) is 6.54 Å². The minimum atomic E-state index is -0.172. The predicted molar refractivity (Wildman–Crippen MR) is 82.8 cm³/mol. The van der Waals surface area contributed by atoms with Crippen molar-refractivity contribution in [1.29, 1.82) is 0 Å². The van der Waals surface area contributed by atoms with Gasteiger partial charge in [0.1, 0.15) is 5.75 Å². The third kappa shape index (κ3) is 3.54. The number of nitrogens with zero attached hydrogens (tertiary/aromatic N) is 1. The maximum Gasteiger partial charge on any atom is 0.244 e. The van der Waals surface area contributed by atoms with Crippen molar-refractivity contribution in [3.63, 3.8) is 0 Å². The van der Waals surface area contributed by atoms with E-state index in [0.29, 0.717) is 5.75 Å². The molecule has 1 aromatic carbocycles. The number of para-hydroxylation sites is 1. The van der Waals surface area contributed by atoms with Crippen LogP contribution < -0.4 is 15.0 Å². The number of piperidine rings is 1. The van der Waals surface area contributed by atoms with E-state index in [1.165, 1.54) is 0 Å². The van der Waals surface area contributed by atoms with E-state index in [-0.39, 0.29) is 25.1 Å². The average Bonchev–Trinajstić information content (AvgIpc) is 2.53. The highest BCUT2D eigenvalue weighted by molar-refractivity contribution is 5.99. The SMILES string of the molecule is COc1cccc(C)c1N(CCO)C(=O)C1CCCCN1. The van der Waals surface area contributed by atoms with Crippen LogP contribution in [0.3, 0.4) is 0 Å². The lowest BCUT2D eigenvalue weighted by molar-refractivity contribution is -0.121. The molecule has 5 nitrogen and oxygen atoms in total. The van der Waals surface area contributed by atoms with Crippen LogP contribution in [-0.2, 0) is 4.79 Å². The smallest absolute Gasteiger partial charge is 0.244 e. The molecule has 5 heteroatoms. The largest absolute Gasteiger partial charge is 0.495 e. The first kappa shape index (κ1) is 15.8. The van der Waals surface area contributed by atoms with Crippen molar-refractivity contribution in [1.82, 2.24) is 5.32 Å². The molecule has 1 atom stereocenters. The zero-order valence-electron chi connectivity index (χ0n) is 12.8. The number of methoxy groups -OCH3 is 1. The number of carbonyl (C=O) groups is 1. The molecule has 0 aliphatic carbocycles. The third-order valence-electron chi connectivity index (χ3n) is 3.89. The molecule has 1 aliphatic heterocycles. The minimum Gasteiger partial charge on any atom is -0.495 e. The lowest BCUT2D eigenvalue weighted by Crippen LogP contribution is -2.49. The Balaban J connectivity index is 2.32. The highest BCUT2D eigenvalue weighted by Crippen LogP contribution is 2.32. The number of benzene rings is 1. The van der Waals surface area contributed by atoms with Crippen molar-refractivity contribution in [2.24, 2.45) is 0 Å². The Morgan fingerprint density at radius 3 is 2.90 bits per heavy atom. The van der Waals surface area contributed by atoms with Crippen molar-refractivity contribution in [2.45, 2.75) is 32.2 Å². The van der Waals surface area contributed by atoms with Gasteiger partial charge in [0.15, 0.2) is 0 Å². The Kier molecular flexibility index (Phi) is 5.59. The summed E-state index contributed by atoms with van der Waals surface area (Å²) < 4.78 is 5.40. The number of carbonyl (C=O) groups excluding carboxylic acids is 1. The summed E-state index contributed by atoms with van der Waals surface area (Å²) in [5.41, 5.74) is 1.72. The van der Waals surface area contributed by atoms with Gasteiger partial charge >= 0.3 is 0 Å². The molecule has 116 valence electrons. The van der Waals surface area contributed by atoms with Crippen LogP contribution in [-0.4, -0.2) is 43.9 Å². The first-order valence-electron chi connectivity index (χ1n) is 7.48. The van der Waals surface area contributed by atoms with Crippen LogP contribution in [0.1, 0.15) is 24.8 Å². The molecule has 0 bridgehead atoms. The van der Waals surface area contributed by atoms with Crippen LogP contribution in [0.25, 0.3) is 0 Å². The number of aliphatic hydroxyl groups is 1. The van der Waals surface area contributed by atoms with Crippen LogP contribution in [0.15, 0.2) is 18.2 Å². The molecule has 1 saturated heterocycles. The van der Waals surface area contributed by atoms with Crippen molar-refractivity contribution in [3.8, 4) is 5.75 Å². The molecular formula is C16H24N2O3. The molecule has 1 fully saturated rings. The van der Waals surface area contributed by atoms with E-state index >= 15 is 0 Å². The number of hydrogen-bond donors (Lipinski definition) is 2.